The average Bonchev–Trinajstić information content (AvgIpc) is 3.56. The molecule has 0 aliphatic carbocycles. The summed E-state index contributed by atoms with van der Waals surface area (Å²) in [7, 11) is 0. The van der Waals surface area contributed by atoms with Crippen molar-refractivity contribution < 1.29 is 33.1 Å². The molecule has 0 bridgehead atoms. The fourth-order valence-electron chi connectivity index (χ4n) is 3.09. The van der Waals surface area contributed by atoms with E-state index in [1.165, 1.54) is 12.3 Å². The summed E-state index contributed by atoms with van der Waals surface area (Å²) in [5.74, 6) is -0.559. The molecule has 35 heavy (non-hydrogen) atoms. The van der Waals surface area contributed by atoms with E-state index in [1.54, 1.807) is 24.3 Å². The molecule has 1 aromatic heterocycles. The number of nitrogens with one attached hydrogen (secondary N) is 3. The summed E-state index contributed by atoms with van der Waals surface area (Å²) in [6, 6.07) is 8.59. The maximum absolute atomic E-state index is 12.6. The van der Waals surface area contributed by atoms with Crippen molar-refractivity contribution in [3.05, 3.63) is 53.9 Å². The largest absolute Gasteiger partial charge is 0.445 e. The Kier molecular flexibility index (Phi) is 11.4. The molecule has 1 aliphatic heterocycles. The lowest BCUT2D eigenvalue weighted by atomic mass is 10.0. The number of halogens is 1. The number of nitrogens with two attached hydrogens (primary N) is 1. The number of alkyl carbamates (subject to hydrolysis) is 1. The number of ether oxygens (including phenoxy) is 3. The first-order valence-electron chi connectivity index (χ1n) is 10.5. The highest BCUT2D eigenvalue weighted by molar-refractivity contribution is 14.0. The van der Waals surface area contributed by atoms with Gasteiger partial charge >= 0.3 is 18.5 Å². The molecule has 13 nitrogen and oxygen atoms in total. The van der Waals surface area contributed by atoms with E-state index in [2.05, 4.69) is 30.8 Å². The highest BCUT2D eigenvalue weighted by atomic mass is 127. The number of rotatable bonds is 12. The smallest absolute Gasteiger partial charge is 0.408 e. The maximum atomic E-state index is 12.6. The SMILES string of the molecule is I.NC(OCCCNC1=NCCN1)(c1ccno1)C(NC(=O)OCc1ccccc1)C(=O)OC=O. The van der Waals surface area contributed by atoms with Crippen LogP contribution < -0.4 is 21.7 Å². The van der Waals surface area contributed by atoms with Gasteiger partial charge in [0.05, 0.1) is 19.3 Å². The second kappa shape index (κ2) is 14.2. The number of aliphatic imine (C=N–C) groups is 1. The van der Waals surface area contributed by atoms with Gasteiger partial charge in [-0.3, -0.25) is 15.5 Å². The Morgan fingerprint density at radius 3 is 2.74 bits per heavy atom. The number of hydrogen-bond acceptors (Lipinski definition) is 12. The van der Waals surface area contributed by atoms with Crippen molar-refractivity contribution in [1.82, 2.24) is 21.1 Å². The molecule has 2 aromatic rings. The number of carbonyl (C=O) groups is 3. The van der Waals surface area contributed by atoms with Crippen molar-refractivity contribution in [2.24, 2.45) is 10.7 Å². The summed E-state index contributed by atoms with van der Waals surface area (Å²) < 4.78 is 20.5. The zero-order valence-electron chi connectivity index (χ0n) is 18.7. The van der Waals surface area contributed by atoms with Crippen molar-refractivity contribution in [3.63, 3.8) is 0 Å². The molecule has 0 spiro atoms. The van der Waals surface area contributed by atoms with Gasteiger partial charge in [0, 0.05) is 19.2 Å². The Bertz CT molecular complexity index is 976. The minimum atomic E-state index is -2.05. The number of nitrogens with zero attached hydrogens (tertiary/aromatic N) is 2. The highest BCUT2D eigenvalue weighted by Crippen LogP contribution is 2.25. The van der Waals surface area contributed by atoms with Crippen LogP contribution in [0.1, 0.15) is 17.7 Å². The number of carbonyl (C=O) groups excluding carboxylic acids is 3. The number of hydrogen-bond donors (Lipinski definition) is 4. The standard InChI is InChI=1S/C21H26N6O7.HI/c22-21(16-7-9-26-34-16,33-12-4-8-23-19-24-10-11-25-19)17(18(29)32-14-28)27-20(30)31-13-15-5-2-1-3-6-15;/h1-3,5-7,9,14,17H,4,8,10-13,22H2,(H,27,30)(H2,23,24,25);1H. The van der Waals surface area contributed by atoms with Gasteiger partial charge in [-0.15, -0.1) is 24.0 Å². The number of benzene rings is 1. The van der Waals surface area contributed by atoms with E-state index in [-0.39, 0.29) is 49.4 Å². The van der Waals surface area contributed by atoms with Crippen molar-refractivity contribution in [2.75, 3.05) is 26.2 Å². The first-order valence-corrected chi connectivity index (χ1v) is 10.5. The van der Waals surface area contributed by atoms with E-state index in [0.717, 1.165) is 12.1 Å². The summed E-state index contributed by atoms with van der Waals surface area (Å²) in [6.45, 7) is 1.86. The number of aromatic nitrogens is 1. The van der Waals surface area contributed by atoms with Gasteiger partial charge in [0.2, 0.25) is 5.72 Å². The molecule has 0 radical (unpaired) electrons. The third kappa shape index (κ3) is 8.18. The molecule has 2 heterocycles. The van der Waals surface area contributed by atoms with E-state index in [4.69, 9.17) is 19.7 Å². The monoisotopic (exact) mass is 602 g/mol. The molecule has 0 fully saturated rings. The van der Waals surface area contributed by atoms with Crippen LogP contribution in [0.2, 0.25) is 0 Å². The Labute approximate surface area is 218 Å². The zero-order chi connectivity index (χ0) is 24.2. The van der Waals surface area contributed by atoms with Gasteiger partial charge in [-0.2, -0.15) is 0 Å². The van der Waals surface area contributed by atoms with Gasteiger partial charge in [-0.25, -0.2) is 9.59 Å². The van der Waals surface area contributed by atoms with Crippen LogP contribution in [0.25, 0.3) is 0 Å². The lowest BCUT2D eigenvalue weighted by Crippen LogP contribution is -2.62. The van der Waals surface area contributed by atoms with Gasteiger partial charge in [0.1, 0.15) is 6.61 Å². The molecular formula is C21H27IN6O7. The Balaban J connectivity index is 0.00000432. The topological polar surface area (TPSA) is 179 Å². The van der Waals surface area contributed by atoms with E-state index in [9.17, 15) is 14.4 Å². The van der Waals surface area contributed by atoms with Crippen molar-refractivity contribution in [1.29, 1.82) is 0 Å². The fourth-order valence-corrected chi connectivity index (χ4v) is 3.09. The molecule has 2 unspecified atom stereocenters. The number of guanidine groups is 1. The number of amides is 1. The summed E-state index contributed by atoms with van der Waals surface area (Å²) in [4.78, 5) is 40.1. The van der Waals surface area contributed by atoms with Crippen LogP contribution in [0.15, 0.2) is 52.1 Å². The van der Waals surface area contributed by atoms with Gasteiger partial charge in [-0.05, 0) is 12.0 Å². The first kappa shape index (κ1) is 28.0. The second-order valence-corrected chi connectivity index (χ2v) is 7.13. The van der Waals surface area contributed by atoms with Crippen LogP contribution in [0.3, 0.4) is 0 Å². The van der Waals surface area contributed by atoms with E-state index in [0.29, 0.717) is 25.5 Å². The summed E-state index contributed by atoms with van der Waals surface area (Å²) in [6.07, 6.45) is 0.769. The molecule has 5 N–H and O–H groups in total. The molecule has 0 saturated carbocycles. The maximum Gasteiger partial charge on any atom is 0.408 e. The molecule has 2 atom stereocenters. The zero-order valence-corrected chi connectivity index (χ0v) is 21.0. The van der Waals surface area contributed by atoms with Crippen LogP contribution in [0.5, 0.6) is 0 Å². The van der Waals surface area contributed by atoms with Crippen molar-refractivity contribution >= 4 is 48.5 Å². The van der Waals surface area contributed by atoms with Crippen LogP contribution in [-0.4, -0.2) is 61.9 Å². The normalized spacial score (nSPS) is 14.8. The second-order valence-electron chi connectivity index (χ2n) is 7.13. The van der Waals surface area contributed by atoms with Gasteiger partial charge in [0.25, 0.3) is 0 Å². The first-order chi connectivity index (χ1) is 16.5. The summed E-state index contributed by atoms with van der Waals surface area (Å²) in [5, 5.41) is 12.1. The lowest BCUT2D eigenvalue weighted by Gasteiger charge is -2.33. The van der Waals surface area contributed by atoms with Crippen LogP contribution in [0, 0.1) is 0 Å². The lowest BCUT2D eigenvalue weighted by molar-refractivity contribution is -0.164. The molecule has 1 aromatic carbocycles. The minimum absolute atomic E-state index is 0. The molecule has 3 rings (SSSR count). The Morgan fingerprint density at radius 2 is 2.09 bits per heavy atom. The van der Waals surface area contributed by atoms with Crippen LogP contribution >= 0.6 is 24.0 Å². The van der Waals surface area contributed by atoms with Crippen LogP contribution in [0.4, 0.5) is 4.79 Å². The predicted octanol–water partition coefficient (Wildman–Crippen LogP) is 0.354. The summed E-state index contributed by atoms with van der Waals surface area (Å²) >= 11 is 0. The molecular weight excluding hydrogens is 575 g/mol. The number of esters is 1. The molecule has 1 amide bonds. The Morgan fingerprint density at radius 1 is 1.29 bits per heavy atom. The average molecular weight is 602 g/mol. The summed E-state index contributed by atoms with van der Waals surface area (Å²) in [5.41, 5.74) is 5.08. The highest BCUT2D eigenvalue weighted by Gasteiger charge is 2.48. The van der Waals surface area contributed by atoms with Gasteiger partial charge in [0.15, 0.2) is 17.8 Å². The van der Waals surface area contributed by atoms with Crippen molar-refractivity contribution in [3.8, 4) is 0 Å². The predicted molar refractivity (Wildman–Crippen MR) is 132 cm³/mol. The van der Waals surface area contributed by atoms with Crippen molar-refractivity contribution in [2.45, 2.75) is 24.8 Å². The van der Waals surface area contributed by atoms with E-state index >= 15 is 0 Å². The fraction of sp³-hybridized carbons (Fsp3) is 0.381. The molecule has 14 heteroatoms. The van der Waals surface area contributed by atoms with Crippen LogP contribution in [-0.2, 0) is 36.1 Å². The Hall–Kier alpha value is -3.24. The van der Waals surface area contributed by atoms with E-state index in [1.807, 2.05) is 6.07 Å². The molecule has 0 saturated heterocycles. The molecule has 1 aliphatic rings. The minimum Gasteiger partial charge on any atom is -0.445 e. The third-order valence-electron chi connectivity index (χ3n) is 4.76. The quantitative estimate of drug-likeness (QED) is 0.0658. The van der Waals surface area contributed by atoms with Gasteiger partial charge in [-0.1, -0.05) is 35.5 Å². The van der Waals surface area contributed by atoms with E-state index < -0.39 is 23.8 Å². The van der Waals surface area contributed by atoms with Gasteiger partial charge < -0.3 is 34.7 Å². The third-order valence-corrected chi connectivity index (χ3v) is 4.76. The molecule has 190 valence electrons.